The van der Waals surface area contributed by atoms with Crippen LogP contribution in [0, 0.1) is 0 Å². The van der Waals surface area contributed by atoms with Gasteiger partial charge in [-0.1, -0.05) is 12.1 Å². The summed E-state index contributed by atoms with van der Waals surface area (Å²) in [6.45, 7) is 0. The van der Waals surface area contributed by atoms with Crippen molar-refractivity contribution in [1.29, 1.82) is 0 Å². The topological polar surface area (TPSA) is 89.3 Å². The van der Waals surface area contributed by atoms with Crippen LogP contribution in [0.25, 0.3) is 16.9 Å². The quantitative estimate of drug-likeness (QED) is 0.674. The van der Waals surface area contributed by atoms with E-state index in [0.717, 1.165) is 16.8 Å². The van der Waals surface area contributed by atoms with E-state index in [9.17, 15) is 18.3 Å². The second kappa shape index (κ2) is 6.97. The first kappa shape index (κ1) is 18.2. The minimum Gasteiger partial charge on any atom is -0.476 e. The Morgan fingerprint density at radius 1 is 1.08 bits per heavy atom. The van der Waals surface area contributed by atoms with Crippen molar-refractivity contribution >= 4 is 27.6 Å². The monoisotopic (exact) mass is 388 g/mol. The summed E-state index contributed by atoms with van der Waals surface area (Å²) in [4.78, 5) is 12.6. The average molecular weight is 388 g/mol. The highest BCUT2D eigenvalue weighted by atomic mass is 32.2. The Morgan fingerprint density at radius 2 is 1.69 bits per heavy atom. The molecular weight excluding hydrogens is 372 g/mol. The maximum absolute atomic E-state index is 11.6. The van der Waals surface area contributed by atoms with E-state index in [-0.39, 0.29) is 10.6 Å². The third-order valence-electron chi connectivity index (χ3n) is 3.82. The molecule has 2 aromatic carbocycles. The van der Waals surface area contributed by atoms with Gasteiger partial charge in [-0.3, -0.25) is 0 Å². The van der Waals surface area contributed by atoms with E-state index in [1.54, 1.807) is 28.6 Å². The molecule has 0 spiro atoms. The van der Waals surface area contributed by atoms with Gasteiger partial charge in [0.15, 0.2) is 15.5 Å². The second-order valence-corrected chi connectivity index (χ2v) is 8.52. The van der Waals surface area contributed by atoms with Gasteiger partial charge in [0.1, 0.15) is 0 Å². The van der Waals surface area contributed by atoms with Crippen molar-refractivity contribution in [3.8, 4) is 16.9 Å². The molecule has 0 fully saturated rings. The molecular formula is C18H16N2O4S2. The summed E-state index contributed by atoms with van der Waals surface area (Å²) in [6, 6.07) is 15.3. The van der Waals surface area contributed by atoms with Crippen molar-refractivity contribution in [1.82, 2.24) is 9.78 Å². The fourth-order valence-electron chi connectivity index (χ4n) is 2.48. The predicted octanol–water partition coefficient (Wildman–Crippen LogP) is 3.36. The third-order valence-corrected chi connectivity index (χ3v) is 5.70. The van der Waals surface area contributed by atoms with Gasteiger partial charge in [-0.25, -0.2) is 17.9 Å². The number of hydrogen-bond donors (Lipinski definition) is 1. The van der Waals surface area contributed by atoms with Gasteiger partial charge >= 0.3 is 5.97 Å². The summed E-state index contributed by atoms with van der Waals surface area (Å²) in [5, 5.41) is 13.5. The van der Waals surface area contributed by atoms with E-state index in [2.05, 4.69) is 5.10 Å². The van der Waals surface area contributed by atoms with E-state index in [1.807, 2.05) is 30.5 Å². The number of carboxylic acid groups (broad SMARTS) is 1. The van der Waals surface area contributed by atoms with Crippen molar-refractivity contribution in [3.63, 3.8) is 0 Å². The van der Waals surface area contributed by atoms with Gasteiger partial charge in [0.05, 0.1) is 16.3 Å². The molecule has 0 unspecified atom stereocenters. The summed E-state index contributed by atoms with van der Waals surface area (Å²) >= 11 is 1.61. The Hall–Kier alpha value is -2.58. The molecule has 3 aromatic rings. The Kier molecular flexibility index (Phi) is 4.88. The molecule has 0 radical (unpaired) electrons. The smallest absolute Gasteiger partial charge is 0.356 e. The largest absolute Gasteiger partial charge is 0.476 e. The molecule has 0 bridgehead atoms. The molecule has 134 valence electrons. The van der Waals surface area contributed by atoms with Crippen molar-refractivity contribution < 1.29 is 18.3 Å². The maximum Gasteiger partial charge on any atom is 0.356 e. The lowest BCUT2D eigenvalue weighted by atomic mass is 10.1. The van der Waals surface area contributed by atoms with Crippen LogP contribution in [0.1, 0.15) is 10.5 Å². The standard InChI is InChI=1S/C18H16N2O4S2/c1-25-14-7-5-13(6-8-14)20-17(11-16(19-20)18(21)22)12-3-9-15(10-4-12)26(2,23)24/h3-11H,1-2H3,(H,21,22). The summed E-state index contributed by atoms with van der Waals surface area (Å²) in [6.07, 6.45) is 3.11. The van der Waals surface area contributed by atoms with Crippen LogP contribution in [0.15, 0.2) is 64.4 Å². The molecule has 0 aliphatic carbocycles. The van der Waals surface area contributed by atoms with E-state index >= 15 is 0 Å². The highest BCUT2D eigenvalue weighted by Crippen LogP contribution is 2.26. The van der Waals surface area contributed by atoms with Crippen LogP contribution in [0.3, 0.4) is 0 Å². The zero-order valence-corrected chi connectivity index (χ0v) is 15.7. The zero-order valence-electron chi connectivity index (χ0n) is 14.1. The Bertz CT molecular complexity index is 1050. The van der Waals surface area contributed by atoms with Gasteiger partial charge in [-0.2, -0.15) is 5.10 Å². The number of sulfone groups is 1. The number of benzene rings is 2. The van der Waals surface area contributed by atoms with Crippen molar-refractivity contribution in [3.05, 3.63) is 60.3 Å². The molecule has 3 rings (SSSR count). The molecule has 0 saturated heterocycles. The fourth-order valence-corrected chi connectivity index (χ4v) is 3.52. The molecule has 1 heterocycles. The Morgan fingerprint density at radius 3 is 2.19 bits per heavy atom. The van der Waals surface area contributed by atoms with Crippen molar-refractivity contribution in [2.45, 2.75) is 9.79 Å². The van der Waals surface area contributed by atoms with Crippen LogP contribution in [-0.2, 0) is 9.84 Å². The SMILES string of the molecule is CSc1ccc(-n2nc(C(=O)O)cc2-c2ccc(S(C)(=O)=O)cc2)cc1. The molecule has 0 aliphatic heterocycles. The Balaban J connectivity index is 2.12. The molecule has 1 aromatic heterocycles. The highest BCUT2D eigenvalue weighted by molar-refractivity contribution is 7.98. The van der Waals surface area contributed by atoms with Crippen LogP contribution in [0.2, 0.25) is 0 Å². The minimum absolute atomic E-state index is 0.0823. The lowest BCUT2D eigenvalue weighted by Gasteiger charge is -2.09. The molecule has 0 atom stereocenters. The summed E-state index contributed by atoms with van der Waals surface area (Å²) in [5.74, 6) is -1.13. The zero-order chi connectivity index (χ0) is 18.9. The normalized spacial score (nSPS) is 11.5. The molecule has 8 heteroatoms. The van der Waals surface area contributed by atoms with Gasteiger partial charge in [0.2, 0.25) is 0 Å². The predicted molar refractivity (Wildman–Crippen MR) is 101 cm³/mol. The van der Waals surface area contributed by atoms with E-state index in [0.29, 0.717) is 11.3 Å². The van der Waals surface area contributed by atoms with Crippen LogP contribution < -0.4 is 0 Å². The lowest BCUT2D eigenvalue weighted by molar-refractivity contribution is 0.0690. The van der Waals surface area contributed by atoms with Crippen LogP contribution >= 0.6 is 11.8 Å². The van der Waals surface area contributed by atoms with E-state index in [4.69, 9.17) is 0 Å². The Labute approximate surface area is 155 Å². The van der Waals surface area contributed by atoms with E-state index < -0.39 is 15.8 Å². The number of carbonyl (C=O) groups is 1. The number of rotatable bonds is 5. The summed E-state index contributed by atoms with van der Waals surface area (Å²) in [5.41, 5.74) is 1.88. The number of carboxylic acids is 1. The molecule has 0 aliphatic rings. The van der Waals surface area contributed by atoms with Gasteiger partial charge in [0.25, 0.3) is 0 Å². The van der Waals surface area contributed by atoms with Gasteiger partial charge in [-0.05, 0) is 48.7 Å². The lowest BCUT2D eigenvalue weighted by Crippen LogP contribution is -2.02. The number of hydrogen-bond acceptors (Lipinski definition) is 5. The molecule has 0 saturated carbocycles. The minimum atomic E-state index is -3.30. The number of thioether (sulfide) groups is 1. The third kappa shape index (κ3) is 3.66. The van der Waals surface area contributed by atoms with Gasteiger partial charge in [0, 0.05) is 16.7 Å². The van der Waals surface area contributed by atoms with Gasteiger partial charge < -0.3 is 5.11 Å². The van der Waals surface area contributed by atoms with Crippen LogP contribution in [0.5, 0.6) is 0 Å². The molecule has 1 N–H and O–H groups in total. The van der Waals surface area contributed by atoms with Crippen molar-refractivity contribution in [2.75, 3.05) is 12.5 Å². The first-order valence-electron chi connectivity index (χ1n) is 7.58. The average Bonchev–Trinajstić information content (AvgIpc) is 3.07. The number of aromatic nitrogens is 2. The molecule has 26 heavy (non-hydrogen) atoms. The summed E-state index contributed by atoms with van der Waals surface area (Å²) in [7, 11) is -3.30. The van der Waals surface area contributed by atoms with Crippen molar-refractivity contribution in [2.24, 2.45) is 0 Å². The first-order chi connectivity index (χ1) is 12.3. The second-order valence-electron chi connectivity index (χ2n) is 5.63. The van der Waals surface area contributed by atoms with Gasteiger partial charge in [-0.15, -0.1) is 11.8 Å². The number of nitrogens with zero attached hydrogens (tertiary/aromatic N) is 2. The first-order valence-corrected chi connectivity index (χ1v) is 10.7. The highest BCUT2D eigenvalue weighted by Gasteiger charge is 2.16. The van der Waals surface area contributed by atoms with Crippen LogP contribution in [-0.4, -0.2) is 41.8 Å². The fraction of sp³-hybridized carbons (Fsp3) is 0.111. The molecule has 6 nitrogen and oxygen atoms in total. The van der Waals surface area contributed by atoms with E-state index in [1.165, 1.54) is 18.2 Å². The number of aromatic carboxylic acids is 1. The maximum atomic E-state index is 11.6. The summed E-state index contributed by atoms with van der Waals surface area (Å²) < 4.78 is 24.8. The van der Waals surface area contributed by atoms with Crippen LogP contribution in [0.4, 0.5) is 0 Å². The molecule has 0 amide bonds.